The molecule has 0 atom stereocenters. The highest BCUT2D eigenvalue weighted by atomic mass is 16.3. The average molecular weight is 334 g/mol. The van der Waals surface area contributed by atoms with Gasteiger partial charge in [-0.2, -0.15) is 0 Å². The Morgan fingerprint density at radius 2 is 0.885 bits per heavy atom. The number of hydrogen-bond donors (Lipinski definition) is 0. The summed E-state index contributed by atoms with van der Waals surface area (Å²) in [5, 5.41) is 2.39. The van der Waals surface area contributed by atoms with E-state index in [1.165, 1.54) is 33.0 Å². The molecule has 1 nitrogen and oxygen atoms in total. The second-order valence-electron chi connectivity index (χ2n) is 6.59. The van der Waals surface area contributed by atoms with Crippen molar-refractivity contribution in [2.75, 3.05) is 0 Å². The van der Waals surface area contributed by atoms with Crippen LogP contribution < -0.4 is 0 Å². The zero-order valence-corrected chi connectivity index (χ0v) is 14.4. The molecule has 0 saturated heterocycles. The van der Waals surface area contributed by atoms with E-state index >= 15 is 0 Å². The van der Waals surface area contributed by atoms with Crippen LogP contribution in [-0.2, 0) is 6.42 Å². The van der Waals surface area contributed by atoms with E-state index in [0.29, 0.717) is 0 Å². The maximum Gasteiger partial charge on any atom is 0.135 e. The number of rotatable bonds is 0. The third-order valence-corrected chi connectivity index (χ3v) is 4.99. The smallest absolute Gasteiger partial charge is 0.135 e. The maximum atomic E-state index is 5.65. The predicted octanol–water partition coefficient (Wildman–Crippen LogP) is 6.84. The van der Waals surface area contributed by atoms with Crippen LogP contribution >= 0.6 is 0 Å². The molecule has 0 amide bonds. The molecule has 26 heavy (non-hydrogen) atoms. The molecule has 0 N–H and O–H groups in total. The minimum absolute atomic E-state index is 0.962. The molecule has 1 heterocycles. The molecule has 0 bridgehead atoms. The molecule has 0 fully saturated rings. The summed E-state index contributed by atoms with van der Waals surface area (Å²) < 4.78 is 5.65. The average Bonchev–Trinajstić information content (AvgIpc) is 3.27. The molecule has 0 unspecified atom stereocenters. The molecular weight excluding hydrogens is 316 g/mol. The summed E-state index contributed by atoms with van der Waals surface area (Å²) in [5.41, 5.74) is 7.68. The molecule has 0 spiro atoms. The van der Waals surface area contributed by atoms with Crippen molar-refractivity contribution < 1.29 is 4.42 Å². The van der Waals surface area contributed by atoms with Crippen LogP contribution in [0.3, 0.4) is 0 Å². The van der Waals surface area contributed by atoms with Crippen molar-refractivity contribution in [3.8, 4) is 11.1 Å². The summed E-state index contributed by atoms with van der Waals surface area (Å²) in [7, 11) is 0. The van der Waals surface area contributed by atoms with Crippen molar-refractivity contribution in [3.63, 3.8) is 0 Å². The van der Waals surface area contributed by atoms with E-state index in [1.54, 1.807) is 0 Å². The predicted molar refractivity (Wildman–Crippen MR) is 108 cm³/mol. The van der Waals surface area contributed by atoms with Crippen molar-refractivity contribution in [1.82, 2.24) is 0 Å². The molecule has 0 radical (unpaired) electrons. The van der Waals surface area contributed by atoms with Crippen LogP contribution in [0.25, 0.3) is 33.1 Å². The van der Waals surface area contributed by atoms with Gasteiger partial charge in [-0.25, -0.2) is 0 Å². The number of fused-ring (bicyclic) bond motifs is 6. The van der Waals surface area contributed by atoms with Gasteiger partial charge in [0.25, 0.3) is 0 Å². The SMILES string of the molecule is c1ccc2c(c1)Cc1ccccc1-2.c1ccc2c(c1)oc1ccccc12. The lowest BCUT2D eigenvalue weighted by Crippen LogP contribution is -1.77. The molecule has 1 aliphatic carbocycles. The van der Waals surface area contributed by atoms with Crippen LogP contribution in [0, 0.1) is 0 Å². The Kier molecular flexibility index (Phi) is 3.57. The van der Waals surface area contributed by atoms with Crippen molar-refractivity contribution in [3.05, 3.63) is 108 Å². The van der Waals surface area contributed by atoms with Gasteiger partial charge in [0.1, 0.15) is 11.2 Å². The van der Waals surface area contributed by atoms with E-state index in [1.807, 2.05) is 36.4 Å². The first-order valence-electron chi connectivity index (χ1n) is 8.92. The Balaban J connectivity index is 0.000000115. The third-order valence-electron chi connectivity index (χ3n) is 4.99. The number of para-hydroxylation sites is 2. The summed E-state index contributed by atoms with van der Waals surface area (Å²) in [6, 6.07) is 33.5. The van der Waals surface area contributed by atoms with Crippen molar-refractivity contribution >= 4 is 21.9 Å². The van der Waals surface area contributed by atoms with E-state index < -0.39 is 0 Å². The minimum Gasteiger partial charge on any atom is -0.456 e. The maximum absolute atomic E-state index is 5.65. The standard InChI is InChI=1S/C13H10.C12H8O/c1-3-7-12-10(5-1)9-11-6-2-4-8-13(11)12;1-3-7-11-9(5-1)10-6-2-4-8-12(10)13-11/h1-8H,9H2;1-8H. The second-order valence-corrected chi connectivity index (χ2v) is 6.59. The van der Waals surface area contributed by atoms with E-state index in [4.69, 9.17) is 4.42 Å². The monoisotopic (exact) mass is 334 g/mol. The van der Waals surface area contributed by atoms with Crippen molar-refractivity contribution in [1.29, 1.82) is 0 Å². The first-order valence-corrected chi connectivity index (χ1v) is 8.92. The van der Waals surface area contributed by atoms with Crippen LogP contribution in [0.5, 0.6) is 0 Å². The van der Waals surface area contributed by atoms with Gasteiger partial charge >= 0.3 is 0 Å². The van der Waals surface area contributed by atoms with Gasteiger partial charge in [0.05, 0.1) is 0 Å². The van der Waals surface area contributed by atoms with Crippen LogP contribution in [0.15, 0.2) is 101 Å². The lowest BCUT2D eigenvalue weighted by molar-refractivity contribution is 0.669. The lowest BCUT2D eigenvalue weighted by Gasteiger charge is -1.98. The van der Waals surface area contributed by atoms with E-state index in [-0.39, 0.29) is 0 Å². The van der Waals surface area contributed by atoms with Crippen molar-refractivity contribution in [2.45, 2.75) is 6.42 Å². The molecule has 124 valence electrons. The fourth-order valence-electron chi connectivity index (χ4n) is 3.75. The molecule has 1 heteroatoms. The van der Waals surface area contributed by atoms with Gasteiger partial charge in [0.2, 0.25) is 0 Å². The largest absolute Gasteiger partial charge is 0.456 e. The first kappa shape index (κ1) is 15.0. The van der Waals surface area contributed by atoms with Crippen LogP contribution in [-0.4, -0.2) is 0 Å². The summed E-state index contributed by atoms with van der Waals surface area (Å²) in [4.78, 5) is 0. The van der Waals surface area contributed by atoms with Crippen LogP contribution in [0.2, 0.25) is 0 Å². The molecular formula is C25H18O. The molecule has 1 aliphatic rings. The number of benzene rings is 4. The fourth-order valence-corrected chi connectivity index (χ4v) is 3.75. The fraction of sp³-hybridized carbons (Fsp3) is 0.0400. The van der Waals surface area contributed by atoms with E-state index in [0.717, 1.165) is 17.6 Å². The van der Waals surface area contributed by atoms with E-state index in [2.05, 4.69) is 60.7 Å². The first-order chi connectivity index (χ1) is 12.9. The van der Waals surface area contributed by atoms with Gasteiger partial charge in [0, 0.05) is 10.8 Å². The van der Waals surface area contributed by atoms with Gasteiger partial charge in [0.15, 0.2) is 0 Å². The molecule has 1 aromatic heterocycles. The van der Waals surface area contributed by atoms with Crippen molar-refractivity contribution in [2.24, 2.45) is 0 Å². The summed E-state index contributed by atoms with van der Waals surface area (Å²) in [6.45, 7) is 0. The second kappa shape index (κ2) is 6.20. The summed E-state index contributed by atoms with van der Waals surface area (Å²) >= 11 is 0. The highest BCUT2D eigenvalue weighted by molar-refractivity contribution is 6.04. The topological polar surface area (TPSA) is 13.1 Å². The van der Waals surface area contributed by atoms with Gasteiger partial charge in [-0.1, -0.05) is 84.9 Å². The molecule has 0 aliphatic heterocycles. The van der Waals surface area contributed by atoms with Gasteiger partial charge < -0.3 is 4.42 Å². The molecule has 0 saturated carbocycles. The normalized spacial score (nSPS) is 11.7. The summed E-state index contributed by atoms with van der Waals surface area (Å²) in [6.07, 6.45) is 1.10. The zero-order valence-electron chi connectivity index (χ0n) is 14.4. The Morgan fingerprint density at radius 3 is 1.42 bits per heavy atom. The van der Waals surface area contributed by atoms with Gasteiger partial charge in [-0.15, -0.1) is 0 Å². The zero-order chi connectivity index (χ0) is 17.3. The van der Waals surface area contributed by atoms with Gasteiger partial charge in [-0.3, -0.25) is 0 Å². The molecule has 5 aromatic rings. The Bertz CT molecular complexity index is 1120. The highest BCUT2D eigenvalue weighted by Gasteiger charge is 2.15. The van der Waals surface area contributed by atoms with Gasteiger partial charge in [-0.05, 0) is 40.8 Å². The highest BCUT2D eigenvalue weighted by Crippen LogP contribution is 2.35. The van der Waals surface area contributed by atoms with Crippen LogP contribution in [0.4, 0.5) is 0 Å². The van der Waals surface area contributed by atoms with E-state index in [9.17, 15) is 0 Å². The number of hydrogen-bond acceptors (Lipinski definition) is 1. The van der Waals surface area contributed by atoms with Crippen LogP contribution in [0.1, 0.15) is 11.1 Å². The minimum atomic E-state index is 0.962. The molecule has 4 aromatic carbocycles. The Labute approximate surface area is 152 Å². The number of furan rings is 1. The lowest BCUT2D eigenvalue weighted by atomic mass is 10.1. The Hall–Kier alpha value is -3.32. The Morgan fingerprint density at radius 1 is 0.462 bits per heavy atom. The summed E-state index contributed by atoms with van der Waals surface area (Å²) in [5.74, 6) is 0. The quantitative estimate of drug-likeness (QED) is 0.296. The third kappa shape index (κ3) is 2.49. The molecule has 6 rings (SSSR count).